The lowest BCUT2D eigenvalue weighted by atomic mass is 10.0. The summed E-state index contributed by atoms with van der Waals surface area (Å²) >= 11 is 0. The van der Waals surface area contributed by atoms with Crippen molar-refractivity contribution in [1.29, 1.82) is 0 Å². The normalized spacial score (nSPS) is 17.5. The number of nitrogens with two attached hydrogens (primary N) is 1. The van der Waals surface area contributed by atoms with Crippen LogP contribution in [0.1, 0.15) is 17.0 Å². The molecule has 0 saturated heterocycles. The van der Waals surface area contributed by atoms with Gasteiger partial charge in [-0.15, -0.1) is 0 Å². The van der Waals surface area contributed by atoms with Gasteiger partial charge in [-0.2, -0.15) is 0 Å². The average molecular weight is 242 g/mol. The molecule has 3 nitrogen and oxygen atoms in total. The third-order valence-corrected chi connectivity index (χ3v) is 3.47. The Bertz CT molecular complexity index is 533. The van der Waals surface area contributed by atoms with Gasteiger partial charge in [0.25, 0.3) is 0 Å². The second-order valence-corrected chi connectivity index (χ2v) is 4.80. The van der Waals surface area contributed by atoms with Crippen LogP contribution in [-0.4, -0.2) is 17.7 Å². The van der Waals surface area contributed by atoms with Crippen LogP contribution in [0.2, 0.25) is 0 Å². The van der Waals surface area contributed by atoms with E-state index in [0.717, 1.165) is 25.3 Å². The summed E-state index contributed by atoms with van der Waals surface area (Å²) in [5, 5.41) is 0. The van der Waals surface area contributed by atoms with Crippen LogP contribution in [0.5, 0.6) is 5.75 Å². The monoisotopic (exact) mass is 242 g/mol. The van der Waals surface area contributed by atoms with Crippen LogP contribution in [-0.2, 0) is 13.0 Å². The van der Waals surface area contributed by atoms with Gasteiger partial charge in [0, 0.05) is 30.4 Å². The first kappa shape index (κ1) is 11.4. The molecular formula is C15H18N2O. The van der Waals surface area contributed by atoms with Crippen molar-refractivity contribution < 1.29 is 4.74 Å². The van der Waals surface area contributed by atoms with Crippen LogP contribution in [0.3, 0.4) is 0 Å². The third kappa shape index (κ3) is 2.14. The zero-order chi connectivity index (χ0) is 12.4. The van der Waals surface area contributed by atoms with E-state index in [2.05, 4.69) is 35.2 Å². The van der Waals surface area contributed by atoms with Gasteiger partial charge in [-0.3, -0.25) is 0 Å². The van der Waals surface area contributed by atoms with E-state index in [-0.39, 0.29) is 0 Å². The lowest BCUT2D eigenvalue weighted by Gasteiger charge is -2.09. The van der Waals surface area contributed by atoms with Crippen LogP contribution < -0.4 is 10.5 Å². The van der Waals surface area contributed by atoms with Crippen molar-refractivity contribution in [2.24, 2.45) is 5.73 Å². The Hall–Kier alpha value is -1.74. The molecule has 1 aliphatic rings. The molecule has 1 atom stereocenters. The summed E-state index contributed by atoms with van der Waals surface area (Å²) in [4.78, 5) is 0. The highest BCUT2D eigenvalue weighted by atomic mass is 16.5. The van der Waals surface area contributed by atoms with E-state index in [0.29, 0.717) is 12.5 Å². The fourth-order valence-electron chi connectivity index (χ4n) is 2.55. The van der Waals surface area contributed by atoms with E-state index in [1.807, 2.05) is 12.1 Å². The molecular weight excluding hydrogens is 224 g/mol. The molecule has 1 aromatic heterocycles. The fourth-order valence-corrected chi connectivity index (χ4v) is 2.55. The lowest BCUT2D eigenvalue weighted by molar-refractivity contribution is 0.319. The molecule has 0 bridgehead atoms. The average Bonchev–Trinajstić information content (AvgIpc) is 2.99. The van der Waals surface area contributed by atoms with Crippen LogP contribution in [0.15, 0.2) is 42.7 Å². The van der Waals surface area contributed by atoms with Crippen LogP contribution >= 0.6 is 0 Å². The van der Waals surface area contributed by atoms with E-state index in [1.165, 1.54) is 11.1 Å². The maximum Gasteiger partial charge on any atom is 0.122 e. The Morgan fingerprint density at radius 2 is 2.17 bits per heavy atom. The van der Waals surface area contributed by atoms with Gasteiger partial charge in [0.05, 0.1) is 6.61 Å². The summed E-state index contributed by atoms with van der Waals surface area (Å²) in [5.41, 5.74) is 8.20. The summed E-state index contributed by atoms with van der Waals surface area (Å²) in [5.74, 6) is 1.50. The van der Waals surface area contributed by atoms with E-state index >= 15 is 0 Å². The predicted molar refractivity (Wildman–Crippen MR) is 71.9 cm³/mol. The molecule has 0 radical (unpaired) electrons. The van der Waals surface area contributed by atoms with Gasteiger partial charge in [-0.05, 0) is 30.7 Å². The number of benzene rings is 1. The molecule has 3 heteroatoms. The van der Waals surface area contributed by atoms with Crippen LogP contribution in [0.4, 0.5) is 0 Å². The van der Waals surface area contributed by atoms with Crippen LogP contribution in [0, 0.1) is 0 Å². The Morgan fingerprint density at radius 1 is 1.28 bits per heavy atom. The molecule has 3 rings (SSSR count). The topological polar surface area (TPSA) is 40.2 Å². The van der Waals surface area contributed by atoms with E-state index in [4.69, 9.17) is 10.5 Å². The number of aromatic nitrogens is 1. The van der Waals surface area contributed by atoms with E-state index in [1.54, 1.807) is 0 Å². The highest BCUT2D eigenvalue weighted by molar-refractivity contribution is 5.39. The van der Waals surface area contributed by atoms with Crippen molar-refractivity contribution in [2.45, 2.75) is 18.9 Å². The van der Waals surface area contributed by atoms with Crippen molar-refractivity contribution in [1.82, 2.24) is 4.57 Å². The summed E-state index contributed by atoms with van der Waals surface area (Å²) in [6.07, 6.45) is 5.27. The van der Waals surface area contributed by atoms with Gasteiger partial charge in [-0.25, -0.2) is 0 Å². The van der Waals surface area contributed by atoms with Gasteiger partial charge in [0.15, 0.2) is 0 Å². The SMILES string of the molecule is NCCc1ccn(CC2COc3ccccc32)c1. The highest BCUT2D eigenvalue weighted by Gasteiger charge is 2.23. The second kappa shape index (κ2) is 4.86. The first-order valence-corrected chi connectivity index (χ1v) is 6.43. The Labute approximate surface area is 107 Å². The van der Waals surface area contributed by atoms with Gasteiger partial charge >= 0.3 is 0 Å². The minimum absolute atomic E-state index is 0.458. The van der Waals surface area contributed by atoms with Crippen molar-refractivity contribution >= 4 is 0 Å². The predicted octanol–water partition coefficient (Wildman–Crippen LogP) is 2.17. The Morgan fingerprint density at radius 3 is 3.06 bits per heavy atom. The quantitative estimate of drug-likeness (QED) is 0.892. The van der Waals surface area contributed by atoms with Gasteiger partial charge in [-0.1, -0.05) is 18.2 Å². The smallest absolute Gasteiger partial charge is 0.122 e. The minimum Gasteiger partial charge on any atom is -0.493 e. The molecule has 0 spiro atoms. The van der Waals surface area contributed by atoms with Gasteiger partial charge in [0.1, 0.15) is 5.75 Å². The first-order chi connectivity index (χ1) is 8.86. The van der Waals surface area contributed by atoms with Crippen molar-refractivity contribution in [3.8, 4) is 5.75 Å². The van der Waals surface area contributed by atoms with E-state index < -0.39 is 0 Å². The zero-order valence-corrected chi connectivity index (χ0v) is 10.4. The number of para-hydroxylation sites is 1. The maximum absolute atomic E-state index is 5.70. The van der Waals surface area contributed by atoms with Crippen molar-refractivity contribution in [3.05, 3.63) is 53.9 Å². The van der Waals surface area contributed by atoms with Crippen LogP contribution in [0.25, 0.3) is 0 Å². The molecule has 0 fully saturated rings. The number of fused-ring (bicyclic) bond motifs is 1. The standard InChI is InChI=1S/C15H18N2O/c16-7-5-12-6-8-17(9-12)10-13-11-18-15-4-2-1-3-14(13)15/h1-4,6,8-9,13H,5,7,10-11,16H2. The molecule has 2 aromatic rings. The third-order valence-electron chi connectivity index (χ3n) is 3.47. The molecule has 94 valence electrons. The van der Waals surface area contributed by atoms with Crippen molar-refractivity contribution in [2.75, 3.05) is 13.2 Å². The molecule has 0 saturated carbocycles. The summed E-state index contributed by atoms with van der Waals surface area (Å²) < 4.78 is 7.94. The molecule has 1 unspecified atom stereocenters. The summed E-state index contributed by atoms with van der Waals surface area (Å²) in [6, 6.07) is 10.5. The zero-order valence-electron chi connectivity index (χ0n) is 10.4. The van der Waals surface area contributed by atoms with Crippen molar-refractivity contribution in [3.63, 3.8) is 0 Å². The molecule has 18 heavy (non-hydrogen) atoms. The first-order valence-electron chi connectivity index (χ1n) is 6.43. The minimum atomic E-state index is 0.458. The number of ether oxygens (including phenoxy) is 1. The second-order valence-electron chi connectivity index (χ2n) is 4.80. The lowest BCUT2D eigenvalue weighted by Crippen LogP contribution is -2.09. The molecule has 2 N–H and O–H groups in total. The number of hydrogen-bond donors (Lipinski definition) is 1. The number of nitrogens with zero attached hydrogens (tertiary/aromatic N) is 1. The van der Waals surface area contributed by atoms with Gasteiger partial charge < -0.3 is 15.0 Å². The molecule has 0 aliphatic carbocycles. The molecule has 0 amide bonds. The van der Waals surface area contributed by atoms with E-state index in [9.17, 15) is 0 Å². The fraction of sp³-hybridized carbons (Fsp3) is 0.333. The summed E-state index contributed by atoms with van der Waals surface area (Å²) in [7, 11) is 0. The maximum atomic E-state index is 5.70. The number of hydrogen-bond acceptors (Lipinski definition) is 2. The molecule has 2 heterocycles. The largest absolute Gasteiger partial charge is 0.493 e. The summed E-state index contributed by atoms with van der Waals surface area (Å²) in [6.45, 7) is 2.46. The number of rotatable bonds is 4. The molecule has 1 aliphatic heterocycles. The highest BCUT2D eigenvalue weighted by Crippen LogP contribution is 2.34. The Kier molecular flexibility index (Phi) is 3.07. The molecule has 1 aromatic carbocycles. The Balaban J connectivity index is 1.73. The van der Waals surface area contributed by atoms with Gasteiger partial charge in [0.2, 0.25) is 0 Å².